The highest BCUT2D eigenvalue weighted by Gasteiger charge is 2.70. The molecule has 3 amide bonds. The fourth-order valence-electron chi connectivity index (χ4n) is 7.99. The van der Waals surface area contributed by atoms with Gasteiger partial charge in [-0.3, -0.25) is 9.59 Å². The van der Waals surface area contributed by atoms with E-state index in [0.717, 1.165) is 30.8 Å². The third kappa shape index (κ3) is 9.23. The lowest BCUT2D eigenvalue weighted by Gasteiger charge is -2.35. The fraction of sp³-hybridized carbons (Fsp3) is 0.477. The summed E-state index contributed by atoms with van der Waals surface area (Å²) < 4.78 is 32.2. The number of hydrogen-bond acceptors (Lipinski definition) is 11. The van der Waals surface area contributed by atoms with Crippen LogP contribution in [0.1, 0.15) is 73.1 Å². The van der Waals surface area contributed by atoms with E-state index in [0.29, 0.717) is 45.5 Å². The van der Waals surface area contributed by atoms with Crippen molar-refractivity contribution < 1.29 is 33.2 Å². The number of amides is 3. The van der Waals surface area contributed by atoms with Crippen LogP contribution in [0.3, 0.4) is 0 Å². The zero-order valence-electron chi connectivity index (χ0n) is 34.5. The van der Waals surface area contributed by atoms with E-state index in [4.69, 9.17) is 24.2 Å². The van der Waals surface area contributed by atoms with Gasteiger partial charge in [0.05, 0.1) is 30.8 Å². The normalized spacial score (nSPS) is 22.5. The molecule has 59 heavy (non-hydrogen) atoms. The molecule has 0 radical (unpaired) electrons. The van der Waals surface area contributed by atoms with Crippen LogP contribution in [-0.2, 0) is 18.9 Å². The third-order valence-corrected chi connectivity index (χ3v) is 14.1. The molecule has 13 nitrogen and oxygen atoms in total. The molecule has 0 bridgehead atoms. The minimum absolute atomic E-state index is 0.0417. The Morgan fingerprint density at radius 3 is 2.44 bits per heavy atom. The summed E-state index contributed by atoms with van der Waals surface area (Å²) in [6.07, 6.45) is 4.32. The molecule has 2 aliphatic carbocycles. The molecule has 3 heterocycles. The second kappa shape index (κ2) is 17.3. The number of hydrogen-bond donors (Lipinski definition) is 3. The molecule has 6 atom stereocenters. The van der Waals surface area contributed by atoms with Crippen molar-refractivity contribution in [1.82, 2.24) is 25.5 Å². The van der Waals surface area contributed by atoms with Crippen LogP contribution in [0.4, 0.5) is 9.93 Å². The number of ether oxygens (including phenoxy) is 3. The molecule has 1 saturated heterocycles. The van der Waals surface area contributed by atoms with Gasteiger partial charge in [-0.15, -0.1) is 17.9 Å². The maximum atomic E-state index is 14.8. The number of likely N-dealkylation sites (tertiary alicyclic amines) is 1. The molecule has 0 spiro atoms. The lowest BCUT2D eigenvalue weighted by Crippen LogP contribution is -2.58. The minimum atomic E-state index is -2.07. The molecule has 1 aliphatic heterocycles. The SMILES string of the molecule is C=C[C@@H]1C[C@]1(NC(=O)[C@@H]1C[C@@H](Oc2cc(-c3csc(NC(C)C)n3)nc3cc(OC)ccc23)CN1C(=O)[C@@H](NC(=O)OC1CCCC1)C(C)(C)C)[P+](=O)c1ccccc1. The summed E-state index contributed by atoms with van der Waals surface area (Å²) >= 11 is 1.48. The second-order valence-corrected chi connectivity index (χ2v) is 19.8. The van der Waals surface area contributed by atoms with E-state index < -0.39 is 54.6 Å². The van der Waals surface area contributed by atoms with Crippen molar-refractivity contribution in [3.8, 4) is 22.9 Å². The average Bonchev–Trinajstić information content (AvgIpc) is 3.63. The molecular weight excluding hydrogens is 788 g/mol. The Hall–Kier alpha value is -5.07. The third-order valence-electron chi connectivity index (χ3n) is 11.2. The van der Waals surface area contributed by atoms with Crippen molar-refractivity contribution in [3.63, 3.8) is 0 Å². The first kappa shape index (κ1) is 42.1. The van der Waals surface area contributed by atoms with Gasteiger partial charge >= 0.3 is 13.9 Å². The predicted molar refractivity (Wildman–Crippen MR) is 231 cm³/mol. The Kier molecular flexibility index (Phi) is 12.3. The number of nitrogens with one attached hydrogen (secondary N) is 3. The summed E-state index contributed by atoms with van der Waals surface area (Å²) in [7, 11) is -0.479. The van der Waals surface area contributed by atoms with Crippen LogP contribution in [-0.4, -0.2) is 82.0 Å². The van der Waals surface area contributed by atoms with Gasteiger partial charge in [0.25, 0.3) is 0 Å². The summed E-state index contributed by atoms with van der Waals surface area (Å²) in [5.74, 6) is 0.00787. The van der Waals surface area contributed by atoms with Gasteiger partial charge < -0.3 is 35.1 Å². The van der Waals surface area contributed by atoms with E-state index in [1.165, 1.54) is 16.2 Å². The zero-order chi connectivity index (χ0) is 42.1. The zero-order valence-corrected chi connectivity index (χ0v) is 36.2. The lowest BCUT2D eigenvalue weighted by molar-refractivity contribution is -0.142. The van der Waals surface area contributed by atoms with Crippen LogP contribution in [0.5, 0.6) is 11.5 Å². The number of fused-ring (bicyclic) bond motifs is 1. The predicted octanol–water partition coefficient (Wildman–Crippen LogP) is 7.79. The number of pyridine rings is 1. The summed E-state index contributed by atoms with van der Waals surface area (Å²) in [5.41, 5.74) is 1.12. The molecule has 3 aliphatic rings. The fourth-order valence-corrected chi connectivity index (χ4v) is 10.7. The van der Waals surface area contributed by atoms with Crippen LogP contribution >= 0.6 is 19.1 Å². The van der Waals surface area contributed by atoms with Crippen molar-refractivity contribution in [3.05, 3.63) is 72.6 Å². The van der Waals surface area contributed by atoms with Gasteiger partial charge in [-0.2, -0.15) is 0 Å². The van der Waals surface area contributed by atoms with Gasteiger partial charge in [-0.05, 0) is 69.2 Å². The number of rotatable bonds is 14. The Labute approximate surface area is 350 Å². The minimum Gasteiger partial charge on any atom is -0.497 e. The smallest absolute Gasteiger partial charge is 0.408 e. The molecule has 2 aromatic carbocycles. The molecule has 7 rings (SSSR count). The van der Waals surface area contributed by atoms with Gasteiger partial charge in [0.1, 0.15) is 41.5 Å². The van der Waals surface area contributed by atoms with E-state index >= 15 is 0 Å². The molecule has 4 aromatic rings. The largest absolute Gasteiger partial charge is 0.497 e. The van der Waals surface area contributed by atoms with Crippen molar-refractivity contribution in [2.75, 3.05) is 19.0 Å². The molecule has 312 valence electrons. The second-order valence-electron chi connectivity index (χ2n) is 17.1. The molecule has 15 heteroatoms. The van der Waals surface area contributed by atoms with E-state index in [1.807, 2.05) is 82.5 Å². The van der Waals surface area contributed by atoms with Gasteiger partial charge in [0.15, 0.2) is 10.4 Å². The van der Waals surface area contributed by atoms with Gasteiger partial charge in [0.2, 0.25) is 17.1 Å². The Balaban J connectivity index is 1.22. The summed E-state index contributed by atoms with van der Waals surface area (Å²) in [6.45, 7) is 13.7. The number of anilines is 1. The number of alkyl carbamates (subject to hydrolysis) is 1. The summed E-state index contributed by atoms with van der Waals surface area (Å²) in [6, 6.07) is 14.6. The highest BCUT2D eigenvalue weighted by atomic mass is 32.1. The number of aromatic nitrogens is 2. The van der Waals surface area contributed by atoms with Gasteiger partial charge in [-0.1, -0.05) is 49.6 Å². The van der Waals surface area contributed by atoms with E-state index in [9.17, 15) is 18.9 Å². The van der Waals surface area contributed by atoms with Crippen LogP contribution in [0.25, 0.3) is 22.3 Å². The number of thiazole rings is 1. The molecular formula is C44H54N6O7PS+. The van der Waals surface area contributed by atoms with Crippen LogP contribution in [0, 0.1) is 11.3 Å². The highest BCUT2D eigenvalue weighted by molar-refractivity contribution is 7.55. The summed E-state index contributed by atoms with van der Waals surface area (Å²) in [5, 5.41) is 12.3. The van der Waals surface area contributed by atoms with Crippen LogP contribution in [0.2, 0.25) is 0 Å². The van der Waals surface area contributed by atoms with Crippen molar-refractivity contribution in [1.29, 1.82) is 0 Å². The maximum Gasteiger partial charge on any atom is 0.408 e. The lowest BCUT2D eigenvalue weighted by atomic mass is 9.85. The number of carbonyl (C=O) groups excluding carboxylic acids is 3. The molecule has 2 saturated carbocycles. The van der Waals surface area contributed by atoms with Crippen molar-refractivity contribution in [2.45, 2.75) is 109 Å². The average molecular weight is 842 g/mol. The van der Waals surface area contributed by atoms with Crippen molar-refractivity contribution in [2.24, 2.45) is 11.3 Å². The summed E-state index contributed by atoms with van der Waals surface area (Å²) in [4.78, 5) is 54.0. The topological polar surface area (TPSA) is 161 Å². The first-order chi connectivity index (χ1) is 28.2. The monoisotopic (exact) mass is 841 g/mol. The first-order valence-corrected chi connectivity index (χ1v) is 22.5. The van der Waals surface area contributed by atoms with E-state index in [-0.39, 0.29) is 31.0 Å². The van der Waals surface area contributed by atoms with Crippen molar-refractivity contribution >= 4 is 58.4 Å². The van der Waals surface area contributed by atoms with Crippen LogP contribution in [0.15, 0.2) is 72.6 Å². The molecule has 3 fully saturated rings. The van der Waals surface area contributed by atoms with Gasteiger partial charge in [-0.25, -0.2) is 14.8 Å². The number of benzene rings is 2. The highest BCUT2D eigenvalue weighted by Crippen LogP contribution is 2.59. The Bertz CT molecular complexity index is 2220. The molecule has 2 aromatic heterocycles. The first-order valence-electron chi connectivity index (χ1n) is 20.3. The van der Waals surface area contributed by atoms with E-state index in [1.54, 1.807) is 25.3 Å². The Morgan fingerprint density at radius 2 is 1.78 bits per heavy atom. The van der Waals surface area contributed by atoms with Gasteiger partial charge in [0, 0.05) is 41.8 Å². The standard InChI is InChI=1S/C44H53N6O7PS/c1-8-27-23-44(27,58(54)31-16-10-9-11-17-31)49-39(51)36-21-30(24-50(36)40(52)38(43(4,5)6)48-42(53)57-28-14-12-13-15-28)56-37-22-34(35-25-59-41(47-35)45-26(2)3)46-33-20-29(55-7)18-19-32(33)37/h8-11,16-20,22,25-28,30,36,38H,1,12-15,21,23-24H2,2-7H3,(H2-,45,47,48,49,51,53)/p+1/t27-,30-,36+,38-,44+/m1/s1. The number of carbonyl (C=O) groups is 3. The van der Waals surface area contributed by atoms with E-state index in [2.05, 4.69) is 22.5 Å². The number of methoxy groups -OCH3 is 1. The quantitative estimate of drug-likeness (QED) is 0.0845. The molecule has 3 N–H and O–H groups in total. The maximum absolute atomic E-state index is 14.8. The number of nitrogens with zero attached hydrogens (tertiary/aromatic N) is 3. The van der Waals surface area contributed by atoms with Crippen LogP contribution < -0.4 is 30.7 Å². The Morgan fingerprint density at radius 1 is 1.03 bits per heavy atom. The molecule has 1 unspecified atom stereocenters.